The van der Waals surface area contributed by atoms with Crippen LogP contribution in [0.25, 0.3) is 0 Å². The van der Waals surface area contributed by atoms with Crippen molar-refractivity contribution in [2.45, 2.75) is 32.0 Å². The highest BCUT2D eigenvalue weighted by Gasteiger charge is 2.17. The lowest BCUT2D eigenvalue weighted by molar-refractivity contribution is 0.0750. The number of benzene rings is 1. The van der Waals surface area contributed by atoms with Crippen LogP contribution in [-0.4, -0.2) is 66.4 Å². The Kier molecular flexibility index (Phi) is 7.65. The summed E-state index contributed by atoms with van der Waals surface area (Å²) in [6.07, 6.45) is 5.61. The Labute approximate surface area is 167 Å². The number of aliphatic hydroxyl groups excluding tert-OH is 1. The Morgan fingerprint density at radius 3 is 2.75 bits per heavy atom. The molecule has 1 unspecified atom stereocenters. The average molecular weight is 386 g/mol. The molecule has 0 aliphatic carbocycles. The van der Waals surface area contributed by atoms with Crippen molar-refractivity contribution in [2.24, 2.45) is 0 Å². The van der Waals surface area contributed by atoms with Crippen LogP contribution in [0, 0.1) is 0 Å². The van der Waals surface area contributed by atoms with Crippen molar-refractivity contribution >= 4 is 0 Å². The molecule has 3 rings (SSSR count). The molecule has 1 N–H and O–H groups in total. The molecule has 1 aromatic carbocycles. The third-order valence-electron chi connectivity index (χ3n) is 4.99. The summed E-state index contributed by atoms with van der Waals surface area (Å²) in [6.45, 7) is 4.62. The van der Waals surface area contributed by atoms with Crippen LogP contribution >= 0.6 is 0 Å². The molecule has 0 spiro atoms. The van der Waals surface area contributed by atoms with Crippen molar-refractivity contribution < 1.29 is 14.6 Å². The Hall–Kier alpha value is -2.15. The van der Waals surface area contributed by atoms with E-state index in [2.05, 4.69) is 27.9 Å². The number of aliphatic hydroxyl groups is 1. The van der Waals surface area contributed by atoms with Crippen molar-refractivity contribution in [3.63, 3.8) is 0 Å². The third-order valence-corrected chi connectivity index (χ3v) is 4.99. The van der Waals surface area contributed by atoms with Crippen molar-refractivity contribution in [1.82, 2.24) is 14.8 Å². The van der Waals surface area contributed by atoms with Gasteiger partial charge in [-0.1, -0.05) is 12.1 Å². The second-order valence-electron chi connectivity index (χ2n) is 7.48. The van der Waals surface area contributed by atoms with Gasteiger partial charge in [0.2, 0.25) is 0 Å². The highest BCUT2D eigenvalue weighted by molar-refractivity contribution is 5.40. The maximum atomic E-state index is 10.3. The summed E-state index contributed by atoms with van der Waals surface area (Å²) in [5.41, 5.74) is 2.24. The normalized spacial score (nSPS) is 15.7. The summed E-state index contributed by atoms with van der Waals surface area (Å²) in [5, 5.41) is 10.3. The molecule has 1 aromatic heterocycles. The zero-order chi connectivity index (χ0) is 19.8. The molecule has 2 aromatic rings. The van der Waals surface area contributed by atoms with Crippen LogP contribution in [0.1, 0.15) is 24.0 Å². The maximum absolute atomic E-state index is 10.3. The van der Waals surface area contributed by atoms with Crippen LogP contribution in [0.15, 0.2) is 42.7 Å². The molecule has 2 heterocycles. The van der Waals surface area contributed by atoms with Gasteiger partial charge in [-0.2, -0.15) is 0 Å². The zero-order valence-electron chi connectivity index (χ0n) is 16.9. The Bertz CT molecular complexity index is 720. The maximum Gasteiger partial charge on any atom is 0.127 e. The minimum absolute atomic E-state index is 0.281. The van der Waals surface area contributed by atoms with Crippen LogP contribution in [0.3, 0.4) is 0 Å². The minimum Gasteiger partial charge on any atom is -0.497 e. The molecule has 0 saturated carbocycles. The molecule has 6 heteroatoms. The molecule has 1 aliphatic rings. The van der Waals surface area contributed by atoms with Crippen LogP contribution < -0.4 is 9.47 Å². The summed E-state index contributed by atoms with van der Waals surface area (Å²) in [4.78, 5) is 8.68. The molecule has 1 atom stereocenters. The van der Waals surface area contributed by atoms with E-state index in [0.29, 0.717) is 6.54 Å². The minimum atomic E-state index is -0.495. The van der Waals surface area contributed by atoms with Crippen molar-refractivity contribution in [3.05, 3.63) is 53.9 Å². The number of hydrogen-bond acceptors (Lipinski definition) is 6. The highest BCUT2D eigenvalue weighted by atomic mass is 16.5. The predicted molar refractivity (Wildman–Crippen MR) is 110 cm³/mol. The van der Waals surface area contributed by atoms with Gasteiger partial charge in [-0.15, -0.1) is 0 Å². The summed E-state index contributed by atoms with van der Waals surface area (Å²) in [7, 11) is 3.72. The first-order valence-electron chi connectivity index (χ1n) is 9.91. The summed E-state index contributed by atoms with van der Waals surface area (Å²) in [6, 6.07) is 9.90. The molecule has 1 fully saturated rings. The molecule has 1 aliphatic heterocycles. The Morgan fingerprint density at radius 1 is 1.21 bits per heavy atom. The molecule has 28 heavy (non-hydrogen) atoms. The van der Waals surface area contributed by atoms with Crippen molar-refractivity contribution in [1.29, 1.82) is 0 Å². The lowest BCUT2D eigenvalue weighted by Crippen LogP contribution is -2.33. The first-order chi connectivity index (χ1) is 13.6. The van der Waals surface area contributed by atoms with E-state index in [-0.39, 0.29) is 6.61 Å². The van der Waals surface area contributed by atoms with Crippen LogP contribution in [-0.2, 0) is 13.1 Å². The molecule has 0 bridgehead atoms. The molecule has 0 amide bonds. The molecular weight excluding hydrogens is 354 g/mol. The standard InChI is InChI=1S/C22H31N3O3/c1-24(14-18-6-5-9-23-13-18)15-19-7-8-21(27-2)12-22(19)28-17-20(26)16-25-10-3-4-11-25/h5-9,12-13,20,26H,3-4,10-11,14-17H2,1-2H3. The second-order valence-corrected chi connectivity index (χ2v) is 7.48. The van der Waals surface area contributed by atoms with Gasteiger partial charge in [-0.3, -0.25) is 9.88 Å². The fraction of sp³-hybridized carbons (Fsp3) is 0.500. The zero-order valence-corrected chi connectivity index (χ0v) is 16.9. The number of likely N-dealkylation sites (tertiary alicyclic amines) is 1. The van der Waals surface area contributed by atoms with Crippen molar-refractivity contribution in [3.8, 4) is 11.5 Å². The third kappa shape index (κ3) is 6.19. The summed E-state index contributed by atoms with van der Waals surface area (Å²) in [5.74, 6) is 1.51. The lowest BCUT2D eigenvalue weighted by Gasteiger charge is -2.22. The number of β-amino-alcohol motifs (C(OH)–C–C–N with tert-alkyl or cyclic N) is 1. The molecular formula is C22H31N3O3. The van der Waals surface area contributed by atoms with Crippen LogP contribution in [0.4, 0.5) is 0 Å². The summed E-state index contributed by atoms with van der Waals surface area (Å²) >= 11 is 0. The number of methoxy groups -OCH3 is 1. The van der Waals surface area contributed by atoms with Gasteiger partial charge in [0.05, 0.1) is 7.11 Å². The molecule has 6 nitrogen and oxygen atoms in total. The van der Waals surface area contributed by atoms with Crippen LogP contribution in [0.5, 0.6) is 11.5 Å². The molecule has 1 saturated heterocycles. The van der Waals surface area contributed by atoms with Gasteiger partial charge in [0.1, 0.15) is 24.2 Å². The second kappa shape index (κ2) is 10.4. The first kappa shape index (κ1) is 20.6. The van der Waals surface area contributed by atoms with Gasteiger partial charge >= 0.3 is 0 Å². The number of aromatic nitrogens is 1. The van der Waals surface area contributed by atoms with E-state index in [9.17, 15) is 5.11 Å². The predicted octanol–water partition coefficient (Wildman–Crippen LogP) is 2.56. The number of ether oxygens (including phenoxy) is 2. The number of hydrogen-bond donors (Lipinski definition) is 1. The van der Waals surface area contributed by atoms with E-state index in [1.54, 1.807) is 13.3 Å². The Morgan fingerprint density at radius 2 is 2.04 bits per heavy atom. The monoisotopic (exact) mass is 385 g/mol. The molecule has 152 valence electrons. The van der Waals surface area contributed by atoms with Gasteiger partial charge in [0.15, 0.2) is 0 Å². The van der Waals surface area contributed by atoms with Gasteiger partial charge in [0.25, 0.3) is 0 Å². The quantitative estimate of drug-likeness (QED) is 0.678. The molecule has 0 radical (unpaired) electrons. The van der Waals surface area contributed by atoms with Gasteiger partial charge in [0, 0.05) is 43.7 Å². The Balaban J connectivity index is 1.60. The van der Waals surface area contributed by atoms with E-state index in [0.717, 1.165) is 43.2 Å². The van der Waals surface area contributed by atoms with E-state index in [4.69, 9.17) is 9.47 Å². The summed E-state index contributed by atoms with van der Waals surface area (Å²) < 4.78 is 11.4. The topological polar surface area (TPSA) is 58.1 Å². The van der Waals surface area contributed by atoms with E-state index in [1.807, 2.05) is 30.5 Å². The SMILES string of the molecule is COc1ccc(CN(C)Cc2cccnc2)c(OCC(O)CN2CCCC2)c1. The number of pyridine rings is 1. The van der Waals surface area contributed by atoms with Gasteiger partial charge < -0.3 is 19.5 Å². The van der Waals surface area contributed by atoms with Gasteiger partial charge in [-0.25, -0.2) is 0 Å². The van der Waals surface area contributed by atoms with Gasteiger partial charge in [-0.05, 0) is 50.7 Å². The highest BCUT2D eigenvalue weighted by Crippen LogP contribution is 2.26. The lowest BCUT2D eigenvalue weighted by atomic mass is 10.1. The number of rotatable bonds is 10. The van der Waals surface area contributed by atoms with Crippen LogP contribution in [0.2, 0.25) is 0 Å². The smallest absolute Gasteiger partial charge is 0.127 e. The average Bonchev–Trinajstić information content (AvgIpc) is 3.21. The largest absolute Gasteiger partial charge is 0.497 e. The fourth-order valence-electron chi connectivity index (χ4n) is 3.58. The number of nitrogens with zero attached hydrogens (tertiary/aromatic N) is 3. The van der Waals surface area contributed by atoms with E-state index < -0.39 is 6.10 Å². The fourth-order valence-corrected chi connectivity index (χ4v) is 3.58. The van der Waals surface area contributed by atoms with E-state index >= 15 is 0 Å². The van der Waals surface area contributed by atoms with Crippen molar-refractivity contribution in [2.75, 3.05) is 40.4 Å². The first-order valence-corrected chi connectivity index (χ1v) is 9.91. The van der Waals surface area contributed by atoms with E-state index in [1.165, 1.54) is 18.4 Å².